The lowest BCUT2D eigenvalue weighted by atomic mass is 10.1. The molecule has 0 aliphatic carbocycles. The van der Waals surface area contributed by atoms with Crippen LogP contribution in [0.2, 0.25) is 0 Å². The van der Waals surface area contributed by atoms with Crippen molar-refractivity contribution < 1.29 is 5.11 Å². The molecule has 0 bridgehead atoms. The van der Waals surface area contributed by atoms with E-state index in [2.05, 4.69) is 17.3 Å². The number of hydrogen-bond donors (Lipinski definition) is 2. The molecule has 1 aliphatic rings. The van der Waals surface area contributed by atoms with E-state index < -0.39 is 0 Å². The molecule has 0 aromatic carbocycles. The highest BCUT2D eigenvalue weighted by molar-refractivity contribution is 4.74. The molecule has 3 heteroatoms. The average Bonchev–Trinajstić information content (AvgIpc) is 2.04. The number of nitrogens with one attached hydrogen (secondary N) is 1. The smallest absolute Gasteiger partial charge is 0.0556 e. The van der Waals surface area contributed by atoms with Crippen LogP contribution in [0.1, 0.15) is 12.8 Å². The highest BCUT2D eigenvalue weighted by Gasteiger charge is 2.14. The van der Waals surface area contributed by atoms with Crippen molar-refractivity contribution >= 4 is 0 Å². The van der Waals surface area contributed by atoms with Crippen molar-refractivity contribution in [1.29, 1.82) is 0 Å². The van der Waals surface area contributed by atoms with Crippen LogP contribution >= 0.6 is 0 Å². The maximum Gasteiger partial charge on any atom is 0.0556 e. The van der Waals surface area contributed by atoms with Gasteiger partial charge in [0.05, 0.1) is 6.61 Å². The molecule has 0 saturated carbocycles. The van der Waals surface area contributed by atoms with Gasteiger partial charge in [-0.1, -0.05) is 0 Å². The third-order valence-electron chi connectivity index (χ3n) is 2.26. The Morgan fingerprint density at radius 2 is 2.09 bits per heavy atom. The van der Waals surface area contributed by atoms with Crippen molar-refractivity contribution in [3.05, 3.63) is 0 Å². The van der Waals surface area contributed by atoms with Crippen molar-refractivity contribution in [2.45, 2.75) is 18.9 Å². The summed E-state index contributed by atoms with van der Waals surface area (Å²) in [7, 11) is 2.16. The second-order valence-corrected chi connectivity index (χ2v) is 3.26. The molecule has 11 heavy (non-hydrogen) atoms. The zero-order chi connectivity index (χ0) is 8.10. The van der Waals surface area contributed by atoms with E-state index in [1.165, 1.54) is 25.9 Å². The maximum absolute atomic E-state index is 8.58. The van der Waals surface area contributed by atoms with Gasteiger partial charge < -0.3 is 15.3 Å². The van der Waals surface area contributed by atoms with Gasteiger partial charge in [-0.2, -0.15) is 0 Å². The Bertz CT molecular complexity index is 97.5. The van der Waals surface area contributed by atoms with Crippen molar-refractivity contribution in [2.24, 2.45) is 0 Å². The molecule has 1 aliphatic heterocycles. The van der Waals surface area contributed by atoms with Crippen LogP contribution in [0.15, 0.2) is 0 Å². The van der Waals surface area contributed by atoms with Crippen LogP contribution in [0.3, 0.4) is 0 Å². The predicted octanol–water partition coefficient (Wildman–Crippen LogP) is -0.338. The molecule has 0 unspecified atom stereocenters. The van der Waals surface area contributed by atoms with E-state index in [1.807, 2.05) is 0 Å². The van der Waals surface area contributed by atoms with Gasteiger partial charge in [0.2, 0.25) is 0 Å². The quantitative estimate of drug-likeness (QED) is 0.590. The zero-order valence-corrected chi connectivity index (χ0v) is 7.21. The minimum absolute atomic E-state index is 0.256. The molecule has 1 rings (SSSR count). The fourth-order valence-corrected chi connectivity index (χ4v) is 1.48. The lowest BCUT2D eigenvalue weighted by molar-refractivity contribution is 0.220. The van der Waals surface area contributed by atoms with Gasteiger partial charge in [0.15, 0.2) is 0 Å². The van der Waals surface area contributed by atoms with Crippen LogP contribution in [0, 0.1) is 0 Å². The average molecular weight is 158 g/mol. The fraction of sp³-hybridized carbons (Fsp3) is 1.00. The van der Waals surface area contributed by atoms with Crippen molar-refractivity contribution in [2.75, 3.05) is 33.3 Å². The Balaban J connectivity index is 2.07. The minimum Gasteiger partial charge on any atom is -0.395 e. The summed E-state index contributed by atoms with van der Waals surface area (Å²) in [6.07, 6.45) is 2.44. The first kappa shape index (κ1) is 8.97. The molecule has 0 spiro atoms. The van der Waals surface area contributed by atoms with Gasteiger partial charge in [-0.05, 0) is 33.0 Å². The van der Waals surface area contributed by atoms with Crippen LogP contribution < -0.4 is 5.32 Å². The summed E-state index contributed by atoms with van der Waals surface area (Å²) in [6.45, 7) is 3.37. The summed E-state index contributed by atoms with van der Waals surface area (Å²) in [5.41, 5.74) is 0. The molecule has 1 heterocycles. The highest BCUT2D eigenvalue weighted by atomic mass is 16.3. The second kappa shape index (κ2) is 4.70. The van der Waals surface area contributed by atoms with Gasteiger partial charge >= 0.3 is 0 Å². The largest absolute Gasteiger partial charge is 0.395 e. The number of aliphatic hydroxyl groups is 1. The van der Waals surface area contributed by atoms with Gasteiger partial charge in [0, 0.05) is 12.6 Å². The molecule has 0 amide bonds. The summed E-state index contributed by atoms with van der Waals surface area (Å²) in [5, 5.41) is 11.9. The van der Waals surface area contributed by atoms with E-state index in [1.54, 1.807) is 0 Å². The lowest BCUT2D eigenvalue weighted by Crippen LogP contribution is -2.41. The van der Waals surface area contributed by atoms with E-state index in [4.69, 9.17) is 5.11 Å². The first-order valence-electron chi connectivity index (χ1n) is 4.35. The molecule has 3 nitrogen and oxygen atoms in total. The van der Waals surface area contributed by atoms with Gasteiger partial charge in [0.25, 0.3) is 0 Å². The monoisotopic (exact) mass is 158 g/mol. The topological polar surface area (TPSA) is 35.5 Å². The third kappa shape index (κ3) is 3.18. The SMILES string of the molecule is CN1CCC(NCCO)CC1. The summed E-state index contributed by atoms with van der Waals surface area (Å²) in [5.74, 6) is 0. The van der Waals surface area contributed by atoms with E-state index in [9.17, 15) is 0 Å². The Morgan fingerprint density at radius 1 is 1.45 bits per heavy atom. The third-order valence-corrected chi connectivity index (χ3v) is 2.26. The van der Waals surface area contributed by atoms with Gasteiger partial charge in [-0.25, -0.2) is 0 Å². The van der Waals surface area contributed by atoms with Gasteiger partial charge in [0.1, 0.15) is 0 Å². The Labute approximate surface area is 68.4 Å². The number of nitrogens with zero attached hydrogens (tertiary/aromatic N) is 1. The summed E-state index contributed by atoms with van der Waals surface area (Å²) < 4.78 is 0. The Hall–Kier alpha value is -0.120. The van der Waals surface area contributed by atoms with Crippen molar-refractivity contribution in [3.8, 4) is 0 Å². The highest BCUT2D eigenvalue weighted by Crippen LogP contribution is 2.07. The Kier molecular flexibility index (Phi) is 3.83. The van der Waals surface area contributed by atoms with Crippen LogP contribution in [-0.4, -0.2) is 49.3 Å². The van der Waals surface area contributed by atoms with Crippen LogP contribution in [0.4, 0.5) is 0 Å². The van der Waals surface area contributed by atoms with E-state index in [-0.39, 0.29) is 6.61 Å². The van der Waals surface area contributed by atoms with E-state index in [0.29, 0.717) is 6.04 Å². The molecule has 0 aromatic rings. The van der Waals surface area contributed by atoms with Gasteiger partial charge in [-0.15, -0.1) is 0 Å². The molecule has 0 atom stereocenters. The summed E-state index contributed by atoms with van der Waals surface area (Å²) in [6, 6.07) is 0.637. The Morgan fingerprint density at radius 3 is 2.64 bits per heavy atom. The molecule has 2 N–H and O–H groups in total. The molecule has 66 valence electrons. The van der Waals surface area contributed by atoms with E-state index >= 15 is 0 Å². The summed E-state index contributed by atoms with van der Waals surface area (Å²) >= 11 is 0. The molecule has 0 aromatic heterocycles. The number of piperidine rings is 1. The van der Waals surface area contributed by atoms with Crippen LogP contribution in [0.25, 0.3) is 0 Å². The zero-order valence-electron chi connectivity index (χ0n) is 7.21. The number of hydrogen-bond acceptors (Lipinski definition) is 3. The molecule has 1 fully saturated rings. The van der Waals surface area contributed by atoms with Crippen molar-refractivity contribution in [1.82, 2.24) is 10.2 Å². The van der Waals surface area contributed by atoms with Crippen LogP contribution in [-0.2, 0) is 0 Å². The number of aliphatic hydroxyl groups excluding tert-OH is 1. The number of likely N-dealkylation sites (tertiary alicyclic amines) is 1. The summed E-state index contributed by atoms with van der Waals surface area (Å²) in [4.78, 5) is 2.34. The van der Waals surface area contributed by atoms with Crippen molar-refractivity contribution in [3.63, 3.8) is 0 Å². The second-order valence-electron chi connectivity index (χ2n) is 3.26. The molecular weight excluding hydrogens is 140 g/mol. The maximum atomic E-state index is 8.58. The normalized spacial score (nSPS) is 22.4. The predicted molar refractivity (Wildman–Crippen MR) is 45.6 cm³/mol. The molecular formula is C8H18N2O. The fourth-order valence-electron chi connectivity index (χ4n) is 1.48. The van der Waals surface area contributed by atoms with E-state index in [0.717, 1.165) is 6.54 Å². The van der Waals surface area contributed by atoms with Gasteiger partial charge in [-0.3, -0.25) is 0 Å². The minimum atomic E-state index is 0.256. The number of rotatable bonds is 3. The molecule has 1 saturated heterocycles. The van der Waals surface area contributed by atoms with Crippen LogP contribution in [0.5, 0.6) is 0 Å². The first-order chi connectivity index (χ1) is 5.33. The standard InChI is InChI=1S/C8H18N2O/c1-10-5-2-8(3-6-10)9-4-7-11/h8-9,11H,2-7H2,1H3. The lowest BCUT2D eigenvalue weighted by Gasteiger charge is -2.29. The first-order valence-corrected chi connectivity index (χ1v) is 4.35. The molecule has 0 radical (unpaired) electrons.